The molecule has 1 saturated heterocycles. The molecule has 9 heteroatoms. The molecule has 2 atom stereocenters. The fraction of sp³-hybridized carbons (Fsp3) is 0.300. The van der Waals surface area contributed by atoms with Gasteiger partial charge in [0.05, 0.1) is 48.6 Å². The van der Waals surface area contributed by atoms with Gasteiger partial charge in [0.1, 0.15) is 0 Å². The zero-order valence-corrected chi connectivity index (χ0v) is 17.5. The lowest BCUT2D eigenvalue weighted by Gasteiger charge is -2.27. The van der Waals surface area contributed by atoms with Gasteiger partial charge in [-0.15, -0.1) is 16.1 Å². The van der Waals surface area contributed by atoms with Crippen LogP contribution in [-0.2, 0) is 20.9 Å². The Morgan fingerprint density at radius 1 is 1.24 bits per heavy atom. The molecule has 2 aromatic rings. The van der Waals surface area contributed by atoms with E-state index in [1.165, 1.54) is 11.8 Å². The van der Waals surface area contributed by atoms with Gasteiger partial charge in [-0.3, -0.25) is 9.59 Å². The monoisotopic (exact) mass is 431 g/mol. The summed E-state index contributed by atoms with van der Waals surface area (Å²) in [6, 6.07) is 12.3. The molecule has 29 heavy (non-hydrogen) atoms. The van der Waals surface area contributed by atoms with Crippen molar-refractivity contribution in [1.82, 2.24) is 4.31 Å². The summed E-state index contributed by atoms with van der Waals surface area (Å²) >= 11 is 0.239. The van der Waals surface area contributed by atoms with Gasteiger partial charge in [-0.2, -0.15) is 0 Å². The lowest BCUT2D eigenvalue weighted by atomic mass is 10.1. The number of anilines is 2. The highest BCUT2D eigenvalue weighted by Crippen LogP contribution is 2.36. The second kappa shape index (κ2) is 8.76. The molecule has 0 aliphatic carbocycles. The van der Waals surface area contributed by atoms with Gasteiger partial charge in [-0.05, 0) is 49.4 Å². The number of hydrogen-bond acceptors (Lipinski definition) is 6. The third kappa shape index (κ3) is 4.59. The van der Waals surface area contributed by atoms with E-state index in [9.17, 15) is 14.1 Å². The number of fused-ring (bicyclic) bond motifs is 1. The third-order valence-corrected chi connectivity index (χ3v) is 7.38. The van der Waals surface area contributed by atoms with E-state index in [-0.39, 0.29) is 17.1 Å². The van der Waals surface area contributed by atoms with Gasteiger partial charge in [0.25, 0.3) is 5.91 Å². The minimum atomic E-state index is -1.24. The SMILES string of the molecule is C[C@H]1Sc2ccc(C(=O)Nc3ccc([S+]([O-])N4CCOCC4)cc3)cc2NC1=O. The van der Waals surface area contributed by atoms with Gasteiger partial charge in [0.15, 0.2) is 4.90 Å². The number of benzene rings is 2. The number of nitrogens with zero attached hydrogens (tertiary/aromatic N) is 1. The number of ether oxygens (including phenoxy) is 1. The van der Waals surface area contributed by atoms with Crippen LogP contribution in [-0.4, -0.2) is 52.2 Å². The van der Waals surface area contributed by atoms with Crippen molar-refractivity contribution >= 4 is 46.3 Å². The summed E-state index contributed by atoms with van der Waals surface area (Å²) < 4.78 is 19.8. The van der Waals surface area contributed by atoms with Crippen LogP contribution in [0.3, 0.4) is 0 Å². The Labute approximate surface area is 176 Å². The molecule has 0 spiro atoms. The van der Waals surface area contributed by atoms with Gasteiger partial charge in [0, 0.05) is 16.1 Å². The van der Waals surface area contributed by atoms with Gasteiger partial charge in [-0.1, -0.05) is 0 Å². The van der Waals surface area contributed by atoms with E-state index in [2.05, 4.69) is 10.6 Å². The van der Waals surface area contributed by atoms with Crippen LogP contribution in [0.25, 0.3) is 0 Å². The van der Waals surface area contributed by atoms with Crippen LogP contribution in [0.15, 0.2) is 52.3 Å². The van der Waals surface area contributed by atoms with Crippen molar-refractivity contribution in [2.75, 3.05) is 36.9 Å². The minimum Gasteiger partial charge on any atom is -0.593 e. The van der Waals surface area contributed by atoms with Crippen LogP contribution in [0.5, 0.6) is 0 Å². The average molecular weight is 432 g/mol. The summed E-state index contributed by atoms with van der Waals surface area (Å²) in [6.45, 7) is 4.28. The lowest BCUT2D eigenvalue weighted by molar-refractivity contribution is -0.115. The topological polar surface area (TPSA) is 93.7 Å². The molecule has 0 saturated carbocycles. The Balaban J connectivity index is 1.42. The van der Waals surface area contributed by atoms with Crippen LogP contribution in [0.4, 0.5) is 11.4 Å². The maximum absolute atomic E-state index is 12.6. The normalized spacial score (nSPS) is 20.5. The maximum Gasteiger partial charge on any atom is 0.255 e. The van der Waals surface area contributed by atoms with Crippen LogP contribution in [0.1, 0.15) is 17.3 Å². The Kier molecular flexibility index (Phi) is 6.12. The van der Waals surface area contributed by atoms with Crippen molar-refractivity contribution in [1.29, 1.82) is 0 Å². The number of hydrogen-bond donors (Lipinski definition) is 2. The molecule has 7 nitrogen and oxygen atoms in total. The average Bonchev–Trinajstić information content (AvgIpc) is 2.75. The highest BCUT2D eigenvalue weighted by molar-refractivity contribution is 8.01. The van der Waals surface area contributed by atoms with Gasteiger partial charge < -0.3 is 19.9 Å². The summed E-state index contributed by atoms with van der Waals surface area (Å²) in [5.74, 6) is -0.336. The van der Waals surface area contributed by atoms with E-state index in [0.29, 0.717) is 48.1 Å². The van der Waals surface area contributed by atoms with E-state index in [4.69, 9.17) is 4.74 Å². The predicted octanol–water partition coefficient (Wildman–Crippen LogP) is 2.73. The van der Waals surface area contributed by atoms with Crippen molar-refractivity contribution in [2.24, 2.45) is 0 Å². The summed E-state index contributed by atoms with van der Waals surface area (Å²) in [4.78, 5) is 26.1. The number of carbonyl (C=O) groups excluding carboxylic acids is 2. The highest BCUT2D eigenvalue weighted by Gasteiger charge is 2.25. The van der Waals surface area contributed by atoms with Crippen LogP contribution >= 0.6 is 11.8 Å². The molecule has 0 radical (unpaired) electrons. The number of nitrogens with one attached hydrogen (secondary N) is 2. The second-order valence-corrected chi connectivity index (χ2v) is 9.60. The third-order valence-electron chi connectivity index (χ3n) is 4.69. The number of rotatable bonds is 4. The van der Waals surface area contributed by atoms with Crippen LogP contribution in [0.2, 0.25) is 0 Å². The standard InChI is InChI=1S/C20H21N3O4S2/c1-13-19(24)22-17-12-14(2-7-18(17)28-13)20(25)21-15-3-5-16(6-4-15)29(26)23-8-10-27-11-9-23/h2-7,12-13H,8-11H2,1H3,(H,21,25)(H,22,24)/t13-,29?/m1/s1. The minimum absolute atomic E-state index is 0.0658. The largest absolute Gasteiger partial charge is 0.593 e. The second-order valence-electron chi connectivity index (χ2n) is 6.73. The Bertz CT molecular complexity index is 916. The zero-order valence-electron chi connectivity index (χ0n) is 15.8. The first kappa shape index (κ1) is 20.2. The quantitative estimate of drug-likeness (QED) is 0.723. The van der Waals surface area contributed by atoms with Crippen molar-refractivity contribution < 1.29 is 18.9 Å². The first-order chi connectivity index (χ1) is 14.0. The molecule has 2 aromatic carbocycles. The number of carbonyl (C=O) groups is 2. The van der Waals surface area contributed by atoms with E-state index < -0.39 is 11.4 Å². The smallest absolute Gasteiger partial charge is 0.255 e. The summed E-state index contributed by atoms with van der Waals surface area (Å²) in [5.41, 5.74) is 1.73. The molecule has 152 valence electrons. The van der Waals surface area contributed by atoms with E-state index in [0.717, 1.165) is 4.90 Å². The fourth-order valence-corrected chi connectivity index (χ4v) is 5.15. The molecule has 1 fully saturated rings. The Morgan fingerprint density at radius 2 is 1.97 bits per heavy atom. The molecule has 0 bridgehead atoms. The zero-order chi connectivity index (χ0) is 20.4. The molecule has 2 N–H and O–H groups in total. The first-order valence-corrected chi connectivity index (χ1v) is 11.3. The van der Waals surface area contributed by atoms with Crippen LogP contribution < -0.4 is 10.6 Å². The predicted molar refractivity (Wildman–Crippen MR) is 114 cm³/mol. The Hall–Kier alpha value is -2.04. The maximum atomic E-state index is 12.6. The molecule has 0 aromatic heterocycles. The van der Waals surface area contributed by atoms with Gasteiger partial charge in [-0.25, -0.2) is 0 Å². The molecule has 2 heterocycles. The number of amides is 2. The molecule has 4 rings (SSSR count). The molecule has 1 unspecified atom stereocenters. The van der Waals surface area contributed by atoms with Crippen molar-refractivity contribution in [3.63, 3.8) is 0 Å². The van der Waals surface area contributed by atoms with Crippen LogP contribution in [0, 0.1) is 0 Å². The number of thioether (sulfide) groups is 1. The van der Waals surface area contributed by atoms with E-state index in [1.807, 2.05) is 17.3 Å². The lowest BCUT2D eigenvalue weighted by Crippen LogP contribution is -2.40. The molecular weight excluding hydrogens is 410 g/mol. The van der Waals surface area contributed by atoms with E-state index >= 15 is 0 Å². The van der Waals surface area contributed by atoms with Gasteiger partial charge >= 0.3 is 0 Å². The molecule has 2 aliphatic rings. The highest BCUT2D eigenvalue weighted by atomic mass is 32.2. The Morgan fingerprint density at radius 3 is 2.69 bits per heavy atom. The summed E-state index contributed by atoms with van der Waals surface area (Å²) in [7, 11) is 0. The summed E-state index contributed by atoms with van der Waals surface area (Å²) in [6.07, 6.45) is 0. The van der Waals surface area contributed by atoms with E-state index in [1.54, 1.807) is 36.4 Å². The molecule has 2 aliphatic heterocycles. The van der Waals surface area contributed by atoms with Crippen molar-refractivity contribution in [3.05, 3.63) is 48.0 Å². The first-order valence-electron chi connectivity index (χ1n) is 9.29. The number of morpholine rings is 1. The molecular formula is C20H21N3O4S2. The van der Waals surface area contributed by atoms with Crippen molar-refractivity contribution in [3.8, 4) is 0 Å². The van der Waals surface area contributed by atoms with Gasteiger partial charge in [0.2, 0.25) is 5.91 Å². The molecule has 2 amide bonds. The van der Waals surface area contributed by atoms with Crippen molar-refractivity contribution in [2.45, 2.75) is 22.0 Å². The summed E-state index contributed by atoms with van der Waals surface area (Å²) in [5, 5.41) is 5.52. The fourth-order valence-electron chi connectivity index (χ4n) is 3.07.